The van der Waals surface area contributed by atoms with Gasteiger partial charge in [0.25, 0.3) is 10.1 Å². The molecule has 0 spiro atoms. The standard InChI is InChI=1S/C28H36N2O.CH4O3S/c1-23(2)28(29,20-27(31)19-18-24-12-6-3-7-13-24)30(21-25-14-8-4-9-15-25)22-26-16-10-5-11-17-26;1-5(2,3)4/h3-17,23,27,31H,18-22,29H2,1-2H3;1H3,(H,2,3,4)/t27-,28?;/m1./s1. The summed E-state index contributed by atoms with van der Waals surface area (Å²) >= 11 is 0. The zero-order valence-electron chi connectivity index (χ0n) is 21.5. The Labute approximate surface area is 216 Å². The Morgan fingerprint density at radius 3 is 1.53 bits per heavy atom. The summed E-state index contributed by atoms with van der Waals surface area (Å²) in [7, 11) is -3.67. The van der Waals surface area contributed by atoms with Gasteiger partial charge < -0.3 is 10.8 Å². The van der Waals surface area contributed by atoms with Gasteiger partial charge in [0.05, 0.1) is 18.0 Å². The molecule has 0 bridgehead atoms. The summed E-state index contributed by atoms with van der Waals surface area (Å²) in [5.41, 5.74) is 10.2. The third kappa shape index (κ3) is 11.0. The van der Waals surface area contributed by atoms with Gasteiger partial charge in [0, 0.05) is 19.5 Å². The first kappa shape index (κ1) is 29.7. The third-order valence-electron chi connectivity index (χ3n) is 6.19. The number of rotatable bonds is 11. The molecule has 3 aromatic carbocycles. The van der Waals surface area contributed by atoms with E-state index in [4.69, 9.17) is 10.3 Å². The lowest BCUT2D eigenvalue weighted by Gasteiger charge is -2.45. The van der Waals surface area contributed by atoms with Crippen molar-refractivity contribution in [3.63, 3.8) is 0 Å². The average molecular weight is 513 g/mol. The van der Waals surface area contributed by atoms with E-state index in [9.17, 15) is 13.5 Å². The minimum absolute atomic E-state index is 0.186. The second kappa shape index (κ2) is 14.3. The van der Waals surface area contributed by atoms with Crippen LogP contribution in [-0.4, -0.2) is 41.0 Å². The van der Waals surface area contributed by atoms with Crippen molar-refractivity contribution in [2.75, 3.05) is 6.26 Å². The SMILES string of the molecule is CC(C)C(N)(C[C@H](O)CCc1ccccc1)N(Cc1ccccc1)Cc1ccccc1.CS(=O)(=O)O. The molecule has 0 aliphatic heterocycles. The highest BCUT2D eigenvalue weighted by Gasteiger charge is 2.37. The Hall–Kier alpha value is -2.55. The van der Waals surface area contributed by atoms with Crippen molar-refractivity contribution >= 4 is 10.1 Å². The van der Waals surface area contributed by atoms with Crippen LogP contribution in [0.3, 0.4) is 0 Å². The summed E-state index contributed by atoms with van der Waals surface area (Å²) in [5, 5.41) is 11.0. The first-order valence-electron chi connectivity index (χ1n) is 12.2. The van der Waals surface area contributed by atoms with Crippen molar-refractivity contribution in [3.8, 4) is 0 Å². The summed E-state index contributed by atoms with van der Waals surface area (Å²) < 4.78 is 25.9. The second-order valence-electron chi connectivity index (χ2n) is 9.59. The van der Waals surface area contributed by atoms with Crippen molar-refractivity contribution in [1.82, 2.24) is 4.90 Å². The van der Waals surface area contributed by atoms with Crippen LogP contribution >= 0.6 is 0 Å². The normalized spacial score (nSPS) is 14.1. The van der Waals surface area contributed by atoms with Crippen molar-refractivity contribution in [1.29, 1.82) is 0 Å². The number of nitrogens with two attached hydrogens (primary N) is 1. The van der Waals surface area contributed by atoms with Crippen molar-refractivity contribution in [2.45, 2.75) is 58.0 Å². The lowest BCUT2D eigenvalue weighted by atomic mass is 9.86. The van der Waals surface area contributed by atoms with Gasteiger partial charge >= 0.3 is 0 Å². The largest absolute Gasteiger partial charge is 0.393 e. The molecule has 0 saturated carbocycles. The van der Waals surface area contributed by atoms with Crippen LogP contribution in [0, 0.1) is 5.92 Å². The van der Waals surface area contributed by atoms with Crippen LogP contribution in [0.2, 0.25) is 0 Å². The molecule has 0 aliphatic carbocycles. The van der Waals surface area contributed by atoms with Gasteiger partial charge in [-0.3, -0.25) is 9.45 Å². The van der Waals surface area contributed by atoms with Gasteiger partial charge in [-0.15, -0.1) is 0 Å². The minimum Gasteiger partial charge on any atom is -0.393 e. The van der Waals surface area contributed by atoms with E-state index in [1.54, 1.807) is 0 Å². The fourth-order valence-electron chi connectivity index (χ4n) is 4.15. The number of benzene rings is 3. The van der Waals surface area contributed by atoms with E-state index in [1.807, 2.05) is 30.3 Å². The van der Waals surface area contributed by atoms with E-state index in [0.29, 0.717) is 19.1 Å². The number of aliphatic hydroxyl groups is 1. The first-order chi connectivity index (χ1) is 17.0. The molecule has 196 valence electrons. The Bertz CT molecular complexity index is 1060. The first-order valence-corrected chi connectivity index (χ1v) is 14.1. The monoisotopic (exact) mass is 512 g/mol. The van der Waals surface area contributed by atoms with Crippen LogP contribution in [-0.2, 0) is 29.6 Å². The van der Waals surface area contributed by atoms with Crippen LogP contribution in [0.25, 0.3) is 0 Å². The molecule has 0 saturated heterocycles. The summed E-state index contributed by atoms with van der Waals surface area (Å²) in [5.74, 6) is 0.186. The fourth-order valence-corrected chi connectivity index (χ4v) is 4.15. The van der Waals surface area contributed by atoms with E-state index in [2.05, 4.69) is 79.4 Å². The number of aryl methyl sites for hydroxylation is 1. The van der Waals surface area contributed by atoms with Gasteiger partial charge in [-0.25, -0.2) is 0 Å². The van der Waals surface area contributed by atoms with Gasteiger partial charge in [0.2, 0.25) is 0 Å². The predicted molar refractivity (Wildman–Crippen MR) is 147 cm³/mol. The molecular formula is C29H40N2O4S. The number of hydrogen-bond donors (Lipinski definition) is 3. The van der Waals surface area contributed by atoms with Gasteiger partial charge in [-0.2, -0.15) is 8.42 Å². The zero-order chi connectivity index (χ0) is 26.6. The Kier molecular flexibility index (Phi) is 11.8. The van der Waals surface area contributed by atoms with Gasteiger partial charge in [-0.1, -0.05) is 105 Å². The Morgan fingerprint density at radius 2 is 1.17 bits per heavy atom. The molecule has 0 aromatic heterocycles. The maximum absolute atomic E-state index is 11.0. The smallest absolute Gasteiger partial charge is 0.261 e. The Morgan fingerprint density at radius 1 is 0.806 bits per heavy atom. The summed E-state index contributed by atoms with van der Waals surface area (Å²) in [6, 6.07) is 31.3. The van der Waals surface area contributed by atoms with Crippen LogP contribution in [0.4, 0.5) is 0 Å². The fraction of sp³-hybridized carbons (Fsp3) is 0.379. The molecule has 36 heavy (non-hydrogen) atoms. The maximum atomic E-state index is 11.0. The molecule has 3 aromatic rings. The molecule has 2 atom stereocenters. The van der Waals surface area contributed by atoms with Gasteiger partial charge in [0.1, 0.15) is 0 Å². The Balaban J connectivity index is 0.000000830. The molecule has 0 fully saturated rings. The van der Waals surface area contributed by atoms with E-state index in [1.165, 1.54) is 16.7 Å². The highest BCUT2D eigenvalue weighted by atomic mass is 32.2. The molecular weight excluding hydrogens is 472 g/mol. The topological polar surface area (TPSA) is 104 Å². The van der Waals surface area contributed by atoms with E-state index < -0.39 is 21.9 Å². The van der Waals surface area contributed by atoms with E-state index >= 15 is 0 Å². The zero-order valence-corrected chi connectivity index (χ0v) is 22.3. The van der Waals surface area contributed by atoms with Crippen molar-refractivity contribution in [2.24, 2.45) is 11.7 Å². The average Bonchev–Trinajstić information content (AvgIpc) is 2.83. The van der Waals surface area contributed by atoms with Crippen LogP contribution in [0.15, 0.2) is 91.0 Å². The molecule has 1 unspecified atom stereocenters. The van der Waals surface area contributed by atoms with Gasteiger partial charge in [0.15, 0.2) is 0 Å². The number of aliphatic hydroxyl groups excluding tert-OH is 1. The maximum Gasteiger partial charge on any atom is 0.261 e. The highest BCUT2D eigenvalue weighted by molar-refractivity contribution is 7.85. The molecule has 0 amide bonds. The number of hydrogen-bond acceptors (Lipinski definition) is 5. The van der Waals surface area contributed by atoms with Crippen molar-refractivity contribution < 1.29 is 18.1 Å². The van der Waals surface area contributed by atoms with Crippen LogP contribution < -0.4 is 5.73 Å². The molecule has 6 nitrogen and oxygen atoms in total. The van der Waals surface area contributed by atoms with Gasteiger partial charge in [-0.05, 0) is 35.4 Å². The predicted octanol–water partition coefficient (Wildman–Crippen LogP) is 4.89. The minimum atomic E-state index is -3.67. The molecule has 0 heterocycles. The quantitative estimate of drug-likeness (QED) is 0.250. The summed E-state index contributed by atoms with van der Waals surface area (Å²) in [4.78, 5) is 2.34. The molecule has 3 rings (SSSR count). The third-order valence-corrected chi connectivity index (χ3v) is 6.19. The van der Waals surface area contributed by atoms with Crippen LogP contribution in [0.5, 0.6) is 0 Å². The number of nitrogens with zero attached hydrogens (tertiary/aromatic N) is 1. The van der Waals surface area contributed by atoms with Crippen LogP contribution in [0.1, 0.15) is 43.4 Å². The lowest BCUT2D eigenvalue weighted by molar-refractivity contribution is -0.0131. The molecule has 0 aliphatic rings. The lowest BCUT2D eigenvalue weighted by Crippen LogP contribution is -2.60. The molecule has 4 N–H and O–H groups in total. The molecule has 7 heteroatoms. The van der Waals surface area contributed by atoms with E-state index in [0.717, 1.165) is 19.5 Å². The van der Waals surface area contributed by atoms with E-state index in [-0.39, 0.29) is 5.92 Å². The molecule has 0 radical (unpaired) electrons. The summed E-state index contributed by atoms with van der Waals surface area (Å²) in [6.07, 6.45) is 2.36. The summed E-state index contributed by atoms with van der Waals surface area (Å²) in [6.45, 7) is 5.81. The second-order valence-corrected chi connectivity index (χ2v) is 11.1. The highest BCUT2D eigenvalue weighted by Crippen LogP contribution is 2.30. The van der Waals surface area contributed by atoms with Crippen molar-refractivity contribution in [3.05, 3.63) is 108 Å².